The number of ether oxygens (including phenoxy) is 5. The zero-order valence-electron chi connectivity index (χ0n) is 35.7. The molecule has 0 radical (unpaired) electrons. The number of nitrogens with zero attached hydrogens (tertiary/aromatic N) is 3. The van der Waals surface area contributed by atoms with Crippen molar-refractivity contribution in [1.82, 2.24) is 20.3 Å². The molecule has 1 aromatic heterocycles. The molecule has 3 aromatic rings. The summed E-state index contributed by atoms with van der Waals surface area (Å²) in [6, 6.07) is 9.73. The zero-order valence-corrected chi connectivity index (χ0v) is 38.4. The summed E-state index contributed by atoms with van der Waals surface area (Å²) in [5.41, 5.74) is 1.89. The van der Waals surface area contributed by atoms with Crippen LogP contribution in [0.3, 0.4) is 0 Å². The first-order valence-corrected chi connectivity index (χ1v) is 25.1. The second kappa shape index (κ2) is 21.4. The van der Waals surface area contributed by atoms with Crippen molar-refractivity contribution < 1.29 is 84.5 Å². The van der Waals surface area contributed by atoms with Gasteiger partial charge in [-0.2, -0.15) is 0 Å². The van der Waals surface area contributed by atoms with E-state index in [-0.39, 0.29) is 80.8 Å². The van der Waals surface area contributed by atoms with Gasteiger partial charge in [-0.3, -0.25) is 4.79 Å². The van der Waals surface area contributed by atoms with Crippen molar-refractivity contribution in [3.05, 3.63) is 70.0 Å². The van der Waals surface area contributed by atoms with Gasteiger partial charge in [0.1, 0.15) is 43.4 Å². The zero-order chi connectivity index (χ0) is 45.6. The normalized spacial score (nSPS) is 28.0. The topological polar surface area (TPSA) is 238 Å². The Morgan fingerprint density at radius 3 is 2.60 bits per heavy atom. The molecule has 2 saturated heterocycles. The minimum atomic E-state index is -1.58. The molecule has 5 N–H and O–H groups in total. The molecule has 2 aliphatic heterocycles. The summed E-state index contributed by atoms with van der Waals surface area (Å²) in [6.07, 6.45) is -3.93. The Hall–Kier alpha value is -3.57. The van der Waals surface area contributed by atoms with Gasteiger partial charge in [-0.05, 0) is 23.3 Å². The van der Waals surface area contributed by atoms with Crippen LogP contribution in [0, 0.1) is 11.3 Å². The molecule has 4 unspecified atom stereocenters. The number of hydrogen-bond donors (Lipinski definition) is 5. The minimum absolute atomic E-state index is 0.00227. The molecule has 20 heteroatoms. The fourth-order valence-electron chi connectivity index (χ4n) is 7.83. The second-order valence-electron chi connectivity index (χ2n) is 16.1. The van der Waals surface area contributed by atoms with Crippen molar-refractivity contribution in [1.29, 1.82) is 0 Å². The van der Waals surface area contributed by atoms with E-state index in [1.165, 1.54) is 26.4 Å². The first kappa shape index (κ1) is 46.4. The van der Waals surface area contributed by atoms with Gasteiger partial charge in [0.05, 0.1) is 17.7 Å². The van der Waals surface area contributed by atoms with E-state index in [2.05, 4.69) is 29.5 Å². The van der Waals surface area contributed by atoms with Crippen molar-refractivity contribution in [2.45, 2.75) is 118 Å². The summed E-state index contributed by atoms with van der Waals surface area (Å²) in [4.78, 5) is 50.6. The molecule has 1 aliphatic carbocycles. The average molecular weight is 1020 g/mol. The number of aryl methyl sites for hydroxylation is 2. The molecule has 3 fully saturated rings. The molecule has 9 atom stereocenters. The van der Waals surface area contributed by atoms with Gasteiger partial charge in [0.15, 0.2) is 17.8 Å². The Balaban J connectivity index is 0.932. The number of methoxy groups -OCH3 is 2. The van der Waals surface area contributed by atoms with Gasteiger partial charge < -0.3 is 39.0 Å². The molecule has 0 spiro atoms. The van der Waals surface area contributed by atoms with Crippen molar-refractivity contribution in [3.8, 4) is 11.5 Å². The molecule has 340 valence electrons. The summed E-state index contributed by atoms with van der Waals surface area (Å²) < 4.78 is 38.0. The van der Waals surface area contributed by atoms with Crippen LogP contribution in [0.1, 0.15) is 74.5 Å². The molecule has 1 saturated carbocycles. The number of rotatable bonds is 20. The van der Waals surface area contributed by atoms with E-state index in [0.29, 0.717) is 37.9 Å². The summed E-state index contributed by atoms with van der Waals surface area (Å²) in [6.45, 7) is 4.18. The third-order valence-electron chi connectivity index (χ3n) is 11.3. The van der Waals surface area contributed by atoms with Crippen LogP contribution < -0.4 is 34.6 Å². The quantitative estimate of drug-likeness (QED) is 0.0598. The number of hydrogen-bond acceptors (Lipinski definition) is 15. The van der Waals surface area contributed by atoms with Crippen LogP contribution in [0.15, 0.2) is 42.6 Å². The van der Waals surface area contributed by atoms with Crippen LogP contribution in [-0.4, -0.2) is 126 Å². The number of benzene rings is 2. The summed E-state index contributed by atoms with van der Waals surface area (Å²) in [5, 5.41) is 50.3. The number of Topliss-reactive ketones (excluding diaryl/α,β-unsaturated/α-hetero) is 2. The molecular weight excluding hydrogens is 963 g/mol. The maximum atomic E-state index is 13.1. The number of esters is 1. The van der Waals surface area contributed by atoms with Crippen LogP contribution in [0.5, 0.6) is 11.5 Å². The van der Waals surface area contributed by atoms with Crippen molar-refractivity contribution in [2.24, 2.45) is 11.3 Å². The predicted octanol–water partition coefficient (Wildman–Crippen LogP) is 0.784. The van der Waals surface area contributed by atoms with Crippen LogP contribution in [0.25, 0.3) is 0 Å². The first-order chi connectivity index (χ1) is 29.9. The van der Waals surface area contributed by atoms with Crippen LogP contribution in [0.4, 0.5) is 4.79 Å². The summed E-state index contributed by atoms with van der Waals surface area (Å²) in [5.74, 6) is -0.657. The number of ketones is 2. The number of halogens is 2. The van der Waals surface area contributed by atoms with E-state index in [1.807, 2.05) is 24.3 Å². The molecule has 2 bridgehead atoms. The first-order valence-electron chi connectivity index (χ1n) is 20.6. The molecule has 6 rings (SSSR count). The van der Waals surface area contributed by atoms with Gasteiger partial charge in [-0.1, -0.05) is 35.9 Å². The number of carbonyl (C=O) groups is 4. The number of alkyl halides is 1. The summed E-state index contributed by atoms with van der Waals surface area (Å²) >= 11 is 6.08. The number of aliphatic hydroxyl groups excluding tert-OH is 3. The Kier molecular flexibility index (Phi) is 16.0. The van der Waals surface area contributed by atoms with Gasteiger partial charge in [-0.25, -0.2) is 4.79 Å². The Morgan fingerprint density at radius 1 is 1.08 bits per heavy atom. The fraction of sp³-hybridized carbons (Fsp3) is 0.571. The van der Waals surface area contributed by atoms with E-state index < -0.39 is 74.4 Å². The van der Waals surface area contributed by atoms with Gasteiger partial charge in [-0.15, -0.1) is 0 Å². The van der Waals surface area contributed by atoms with E-state index in [9.17, 15) is 39.6 Å². The second-order valence-corrected chi connectivity index (χ2v) is 21.6. The SMILES string of the molecule is [3H]C12CC(CC(=O)CCCn3cc(CCC(=O)Cc4cccc(COc5c(Cl)cc(C(=O)OC[C@H]6O[C@H](OC)[C@H](O)[C@@H](O)[C@@H]6O)cc5OC)c4)nn3)C(NC(=O)O)C([I-]S1)C2(C)C. The number of nitrogens with one attached hydrogen (secondary N) is 1. The van der Waals surface area contributed by atoms with Crippen molar-refractivity contribution in [2.75, 3.05) is 20.8 Å². The molecule has 17 nitrogen and oxygen atoms in total. The van der Waals surface area contributed by atoms with Gasteiger partial charge in [0.2, 0.25) is 0 Å². The van der Waals surface area contributed by atoms with Crippen LogP contribution >= 0.6 is 20.5 Å². The molecule has 3 heterocycles. The molecular formula is C42H53ClIN4O13S-. The predicted molar refractivity (Wildman–Crippen MR) is 221 cm³/mol. The van der Waals surface area contributed by atoms with Crippen LogP contribution in [-0.2, 0) is 49.8 Å². The van der Waals surface area contributed by atoms with Gasteiger partial charge in [0, 0.05) is 20.0 Å². The van der Waals surface area contributed by atoms with Crippen molar-refractivity contribution >= 4 is 44.2 Å². The molecule has 2 aromatic carbocycles. The third kappa shape index (κ3) is 11.8. The Bertz CT molecular complexity index is 2130. The van der Waals surface area contributed by atoms with Gasteiger partial charge >= 0.3 is 174 Å². The van der Waals surface area contributed by atoms with Gasteiger partial charge in [0.25, 0.3) is 0 Å². The fourth-order valence-corrected chi connectivity index (χ4v) is 17.4. The summed E-state index contributed by atoms with van der Waals surface area (Å²) in [7, 11) is 4.31. The number of aliphatic hydroxyl groups is 3. The number of carbonyl (C=O) groups excluding carboxylic acids is 3. The Morgan fingerprint density at radius 2 is 1.85 bits per heavy atom. The number of amides is 1. The van der Waals surface area contributed by atoms with Crippen LogP contribution in [0.2, 0.25) is 5.02 Å². The average Bonchev–Trinajstić information content (AvgIpc) is 3.74. The molecule has 3 aliphatic rings. The van der Waals surface area contributed by atoms with E-state index in [1.54, 1.807) is 19.8 Å². The van der Waals surface area contributed by atoms with Crippen molar-refractivity contribution in [3.63, 3.8) is 0 Å². The van der Waals surface area contributed by atoms with E-state index in [0.717, 1.165) is 11.1 Å². The Labute approximate surface area is 378 Å². The monoisotopic (exact) mass is 1020 g/mol. The van der Waals surface area contributed by atoms with E-state index >= 15 is 0 Å². The number of fused-ring (bicyclic) bond motifs is 2. The third-order valence-corrected chi connectivity index (χ3v) is 19.1. The number of carboxylic acid groups (broad SMARTS) is 1. The number of aromatic nitrogens is 3. The van der Waals surface area contributed by atoms with E-state index in [4.69, 9.17) is 36.7 Å². The maximum absolute atomic E-state index is 13.1. The molecule has 1 amide bonds. The molecule has 62 heavy (non-hydrogen) atoms. The standard InChI is InChI=1S/C42H53ClIN4O13S/c1-42(2)32-18-24(33(45-41(55)56)38(42)44-62-32)15-27(49)9-6-12-48-19-26(46-47-48)10-11-28(50)14-22-7-5-8-23(13-22)20-59-37-29(43)16-25(17-30(37)57-3)39(54)60-21-31-34(51)35(52)36(53)40(58-4)61-31/h5,7-8,13,16-17,19,24,31-36,38,40,45,51-53H,6,9-12,14-15,18,20-21H2,1-4H3,(H,55,56)/q-1/t24?,31-,32?,33?,34-,35+,36-,38?,40+/m1/s1/i32T.